The van der Waals surface area contributed by atoms with Gasteiger partial charge in [0.1, 0.15) is 5.60 Å². The Kier molecular flexibility index (Phi) is 9.15. The van der Waals surface area contributed by atoms with E-state index < -0.39 is 11.7 Å². The zero-order valence-corrected chi connectivity index (χ0v) is 19.1. The molecule has 1 aliphatic rings. The summed E-state index contributed by atoms with van der Waals surface area (Å²) < 4.78 is 5.16. The van der Waals surface area contributed by atoms with Crippen LogP contribution in [-0.4, -0.2) is 67.7 Å². The molecule has 0 radical (unpaired) electrons. The number of piperidine rings is 1. The van der Waals surface area contributed by atoms with Crippen molar-refractivity contribution in [2.45, 2.75) is 46.1 Å². The van der Waals surface area contributed by atoms with Crippen LogP contribution in [0.2, 0.25) is 0 Å². The lowest BCUT2D eigenvalue weighted by Crippen LogP contribution is -2.49. The number of anilines is 1. The van der Waals surface area contributed by atoms with Gasteiger partial charge >= 0.3 is 6.09 Å². The van der Waals surface area contributed by atoms with Crippen LogP contribution in [0.3, 0.4) is 0 Å². The van der Waals surface area contributed by atoms with E-state index in [-0.39, 0.29) is 17.7 Å². The first-order valence-corrected chi connectivity index (χ1v) is 11.0. The quantitative estimate of drug-likeness (QED) is 0.616. The lowest BCUT2D eigenvalue weighted by Gasteiger charge is -2.34. The number of amides is 3. The van der Waals surface area contributed by atoms with Gasteiger partial charge in [0.05, 0.1) is 12.5 Å². The van der Waals surface area contributed by atoms with Crippen molar-refractivity contribution in [3.8, 4) is 0 Å². The monoisotopic (exact) mass is 432 g/mol. The molecule has 0 bridgehead atoms. The Morgan fingerprint density at radius 3 is 2.45 bits per heavy atom. The number of likely N-dealkylation sites (tertiary alicyclic amines) is 1. The number of alkyl carbamates (subject to hydrolysis) is 1. The van der Waals surface area contributed by atoms with Crippen LogP contribution in [0, 0.1) is 5.92 Å². The van der Waals surface area contributed by atoms with Crippen molar-refractivity contribution in [1.82, 2.24) is 15.5 Å². The predicted molar refractivity (Wildman–Crippen MR) is 121 cm³/mol. The fourth-order valence-corrected chi connectivity index (χ4v) is 3.51. The summed E-state index contributed by atoms with van der Waals surface area (Å²) in [4.78, 5) is 40.9. The van der Waals surface area contributed by atoms with E-state index in [2.05, 4.69) is 10.6 Å². The molecule has 3 amide bonds. The van der Waals surface area contributed by atoms with E-state index in [9.17, 15) is 14.4 Å². The minimum Gasteiger partial charge on any atom is -0.444 e. The van der Waals surface area contributed by atoms with E-state index >= 15 is 0 Å². The molecule has 31 heavy (non-hydrogen) atoms. The molecule has 1 heterocycles. The largest absolute Gasteiger partial charge is 0.444 e. The fraction of sp³-hybridized carbons (Fsp3) is 0.609. The molecule has 0 spiro atoms. The number of carbonyl (C=O) groups is 3. The minimum atomic E-state index is -0.556. The van der Waals surface area contributed by atoms with Crippen molar-refractivity contribution in [3.05, 3.63) is 30.3 Å². The first-order chi connectivity index (χ1) is 14.7. The molecule has 1 aliphatic heterocycles. The molecule has 1 unspecified atom stereocenters. The standard InChI is InChI=1S/C23H36N4O4/c1-5-26(19-11-7-6-8-12-19)17-20(28)27-15-9-10-18(16-27)21(29)24-13-14-25-22(30)31-23(2,3)4/h6-8,11-12,18H,5,9-10,13-17H2,1-4H3,(H,24,29)(H,25,30). The molecular formula is C23H36N4O4. The molecule has 1 aromatic rings. The van der Waals surface area contributed by atoms with Crippen molar-refractivity contribution in [2.24, 2.45) is 5.92 Å². The Hall–Kier alpha value is -2.77. The van der Waals surface area contributed by atoms with Gasteiger partial charge in [-0.3, -0.25) is 9.59 Å². The lowest BCUT2D eigenvalue weighted by molar-refractivity contribution is -0.134. The van der Waals surface area contributed by atoms with Crippen molar-refractivity contribution >= 4 is 23.6 Å². The van der Waals surface area contributed by atoms with Crippen LogP contribution >= 0.6 is 0 Å². The van der Waals surface area contributed by atoms with Gasteiger partial charge in [-0.25, -0.2) is 4.79 Å². The highest BCUT2D eigenvalue weighted by atomic mass is 16.6. The van der Waals surface area contributed by atoms with Crippen molar-refractivity contribution in [2.75, 3.05) is 44.2 Å². The zero-order chi connectivity index (χ0) is 22.9. The Morgan fingerprint density at radius 2 is 1.81 bits per heavy atom. The predicted octanol–water partition coefficient (Wildman–Crippen LogP) is 2.39. The lowest BCUT2D eigenvalue weighted by atomic mass is 9.97. The smallest absolute Gasteiger partial charge is 0.407 e. The molecule has 1 aromatic carbocycles. The first-order valence-electron chi connectivity index (χ1n) is 11.0. The number of rotatable bonds is 8. The molecule has 0 aromatic heterocycles. The summed E-state index contributed by atoms with van der Waals surface area (Å²) in [6, 6.07) is 9.86. The summed E-state index contributed by atoms with van der Waals surface area (Å²) in [6.45, 7) is 10.2. The van der Waals surface area contributed by atoms with Crippen molar-refractivity contribution < 1.29 is 19.1 Å². The van der Waals surface area contributed by atoms with Crippen molar-refractivity contribution in [1.29, 1.82) is 0 Å². The van der Waals surface area contributed by atoms with E-state index in [4.69, 9.17) is 4.74 Å². The van der Waals surface area contributed by atoms with Gasteiger partial charge in [-0.1, -0.05) is 18.2 Å². The molecule has 1 fully saturated rings. The highest BCUT2D eigenvalue weighted by molar-refractivity contribution is 5.84. The molecule has 2 rings (SSSR count). The summed E-state index contributed by atoms with van der Waals surface area (Å²) >= 11 is 0. The average molecular weight is 433 g/mol. The first kappa shape index (κ1) is 24.5. The number of carbonyl (C=O) groups excluding carboxylic acids is 3. The van der Waals surface area contributed by atoms with E-state index in [1.807, 2.05) is 42.2 Å². The maximum Gasteiger partial charge on any atom is 0.407 e. The molecule has 1 atom stereocenters. The van der Waals surface area contributed by atoms with Crippen LogP contribution in [0.25, 0.3) is 0 Å². The fourth-order valence-electron chi connectivity index (χ4n) is 3.51. The number of nitrogens with one attached hydrogen (secondary N) is 2. The summed E-state index contributed by atoms with van der Waals surface area (Å²) in [7, 11) is 0. The Labute approximate surface area is 185 Å². The second kappa shape index (κ2) is 11.6. The SMILES string of the molecule is CCN(CC(=O)N1CCCC(C(=O)NCCNC(=O)OC(C)(C)C)C1)c1ccccc1. The average Bonchev–Trinajstić information content (AvgIpc) is 2.74. The third-order valence-corrected chi connectivity index (χ3v) is 5.07. The maximum atomic E-state index is 12.8. The molecule has 1 saturated heterocycles. The van der Waals surface area contributed by atoms with Crippen LogP contribution in [-0.2, 0) is 14.3 Å². The third kappa shape index (κ3) is 8.47. The normalized spacial score (nSPS) is 16.4. The van der Waals surface area contributed by atoms with Gasteiger partial charge in [-0.05, 0) is 52.7 Å². The maximum absolute atomic E-state index is 12.8. The van der Waals surface area contributed by atoms with Gasteiger partial charge in [0.25, 0.3) is 0 Å². The summed E-state index contributed by atoms with van der Waals surface area (Å²) in [6.07, 6.45) is 1.05. The number of hydrogen-bond acceptors (Lipinski definition) is 5. The topological polar surface area (TPSA) is 91.0 Å². The second-order valence-electron chi connectivity index (χ2n) is 8.75. The molecule has 0 aliphatic carbocycles. The number of hydrogen-bond donors (Lipinski definition) is 2. The van der Waals surface area contributed by atoms with Crippen LogP contribution in [0.4, 0.5) is 10.5 Å². The molecule has 172 valence electrons. The van der Waals surface area contributed by atoms with Gasteiger partial charge in [0.15, 0.2) is 0 Å². The molecule has 2 N–H and O–H groups in total. The molecular weight excluding hydrogens is 396 g/mol. The molecule has 8 nitrogen and oxygen atoms in total. The molecule has 0 saturated carbocycles. The summed E-state index contributed by atoms with van der Waals surface area (Å²) in [5.74, 6) is -0.278. The van der Waals surface area contributed by atoms with Gasteiger partial charge < -0.3 is 25.2 Å². The Balaban J connectivity index is 1.77. The van der Waals surface area contributed by atoms with Gasteiger partial charge in [-0.15, -0.1) is 0 Å². The number of para-hydroxylation sites is 1. The van der Waals surface area contributed by atoms with E-state index in [0.717, 1.165) is 25.1 Å². The van der Waals surface area contributed by atoms with Crippen LogP contribution in [0.5, 0.6) is 0 Å². The van der Waals surface area contributed by atoms with Gasteiger partial charge in [0, 0.05) is 38.4 Å². The van der Waals surface area contributed by atoms with E-state index in [1.165, 1.54) is 0 Å². The Bertz CT molecular complexity index is 733. The van der Waals surface area contributed by atoms with Crippen LogP contribution < -0.4 is 15.5 Å². The highest BCUT2D eigenvalue weighted by Crippen LogP contribution is 2.18. The third-order valence-electron chi connectivity index (χ3n) is 5.07. The second-order valence-corrected chi connectivity index (χ2v) is 8.75. The number of benzene rings is 1. The summed E-state index contributed by atoms with van der Waals surface area (Å²) in [5.41, 5.74) is 0.460. The molecule has 8 heteroatoms. The van der Waals surface area contributed by atoms with E-state index in [0.29, 0.717) is 32.7 Å². The Morgan fingerprint density at radius 1 is 1.13 bits per heavy atom. The summed E-state index contributed by atoms with van der Waals surface area (Å²) in [5, 5.41) is 5.47. The number of ether oxygens (including phenoxy) is 1. The van der Waals surface area contributed by atoms with Gasteiger partial charge in [0.2, 0.25) is 11.8 Å². The van der Waals surface area contributed by atoms with Crippen molar-refractivity contribution in [3.63, 3.8) is 0 Å². The van der Waals surface area contributed by atoms with Crippen LogP contribution in [0.15, 0.2) is 30.3 Å². The number of nitrogens with zero attached hydrogens (tertiary/aromatic N) is 2. The number of likely N-dealkylation sites (N-methyl/N-ethyl adjacent to an activating group) is 1. The van der Waals surface area contributed by atoms with Crippen LogP contribution in [0.1, 0.15) is 40.5 Å². The van der Waals surface area contributed by atoms with Gasteiger partial charge in [-0.2, -0.15) is 0 Å². The highest BCUT2D eigenvalue weighted by Gasteiger charge is 2.29. The minimum absolute atomic E-state index is 0.0368. The zero-order valence-electron chi connectivity index (χ0n) is 19.1. The van der Waals surface area contributed by atoms with E-state index in [1.54, 1.807) is 25.7 Å².